The molecule has 0 saturated carbocycles. The van der Waals surface area contributed by atoms with Crippen molar-refractivity contribution >= 4 is 27.2 Å². The number of aromatic nitrogens is 1. The van der Waals surface area contributed by atoms with Crippen LogP contribution in [0.1, 0.15) is 6.92 Å². The number of nitrogens with one attached hydrogen (secondary N) is 1. The predicted octanol–water partition coefficient (Wildman–Crippen LogP) is 2.74. The molecule has 2 aromatic rings. The average molecular weight is 222 g/mol. The quantitative estimate of drug-likeness (QED) is 0.863. The van der Waals surface area contributed by atoms with E-state index in [1.807, 2.05) is 24.6 Å². The van der Waals surface area contributed by atoms with Crippen LogP contribution in [0.15, 0.2) is 23.7 Å². The van der Waals surface area contributed by atoms with Gasteiger partial charge in [0.1, 0.15) is 0 Å². The van der Waals surface area contributed by atoms with Crippen LogP contribution in [-0.2, 0) is 4.74 Å². The molecule has 1 atom stereocenters. The Hall–Kier alpha value is -1.13. The Morgan fingerprint density at radius 2 is 2.40 bits per heavy atom. The van der Waals surface area contributed by atoms with E-state index in [4.69, 9.17) is 4.74 Å². The summed E-state index contributed by atoms with van der Waals surface area (Å²) >= 11 is 1.66. The number of hydrogen-bond acceptors (Lipinski definition) is 4. The molecule has 1 unspecified atom stereocenters. The molecule has 1 aromatic heterocycles. The van der Waals surface area contributed by atoms with Crippen molar-refractivity contribution in [1.29, 1.82) is 0 Å². The predicted molar refractivity (Wildman–Crippen MR) is 64.6 cm³/mol. The van der Waals surface area contributed by atoms with Gasteiger partial charge in [-0.25, -0.2) is 4.98 Å². The van der Waals surface area contributed by atoms with Crippen molar-refractivity contribution in [3.63, 3.8) is 0 Å². The second-order valence-electron chi connectivity index (χ2n) is 3.46. The third-order valence-electron chi connectivity index (χ3n) is 2.33. The first-order valence-corrected chi connectivity index (χ1v) is 5.77. The lowest BCUT2D eigenvalue weighted by molar-refractivity contribution is 0.129. The fourth-order valence-corrected chi connectivity index (χ4v) is 2.03. The van der Waals surface area contributed by atoms with Crippen LogP contribution in [0.2, 0.25) is 0 Å². The van der Waals surface area contributed by atoms with Gasteiger partial charge in [-0.15, -0.1) is 11.3 Å². The number of thiazole rings is 1. The monoisotopic (exact) mass is 222 g/mol. The summed E-state index contributed by atoms with van der Waals surface area (Å²) in [5.41, 5.74) is 4.05. The van der Waals surface area contributed by atoms with E-state index in [1.165, 1.54) is 4.70 Å². The highest BCUT2D eigenvalue weighted by molar-refractivity contribution is 7.16. The van der Waals surface area contributed by atoms with Crippen LogP contribution >= 0.6 is 11.3 Å². The Bertz CT molecular complexity index is 441. The summed E-state index contributed by atoms with van der Waals surface area (Å²) in [5, 5.41) is 3.33. The van der Waals surface area contributed by atoms with Crippen molar-refractivity contribution in [2.75, 3.05) is 19.0 Å². The van der Waals surface area contributed by atoms with Crippen LogP contribution < -0.4 is 5.32 Å². The molecule has 1 aromatic carbocycles. The van der Waals surface area contributed by atoms with Gasteiger partial charge < -0.3 is 10.1 Å². The van der Waals surface area contributed by atoms with Crippen molar-refractivity contribution in [2.45, 2.75) is 13.0 Å². The smallest absolute Gasteiger partial charge is 0.0813 e. The fourth-order valence-electron chi connectivity index (χ4n) is 1.31. The number of rotatable bonds is 4. The van der Waals surface area contributed by atoms with E-state index in [0.29, 0.717) is 0 Å². The number of methoxy groups -OCH3 is 1. The average Bonchev–Trinajstić information content (AvgIpc) is 2.72. The number of ether oxygens (including phenoxy) is 1. The van der Waals surface area contributed by atoms with Gasteiger partial charge in [0.05, 0.1) is 21.8 Å². The van der Waals surface area contributed by atoms with Crippen molar-refractivity contribution in [3.05, 3.63) is 23.7 Å². The van der Waals surface area contributed by atoms with E-state index < -0.39 is 0 Å². The lowest BCUT2D eigenvalue weighted by Gasteiger charge is -2.11. The molecular weight excluding hydrogens is 208 g/mol. The van der Waals surface area contributed by atoms with Crippen LogP contribution in [0.25, 0.3) is 10.2 Å². The molecule has 0 amide bonds. The maximum absolute atomic E-state index is 5.17. The lowest BCUT2D eigenvalue weighted by atomic mass is 10.3. The van der Waals surface area contributed by atoms with Gasteiger partial charge in [0.25, 0.3) is 0 Å². The molecule has 2 rings (SSSR count). The maximum Gasteiger partial charge on any atom is 0.0813 e. The summed E-state index contributed by atoms with van der Waals surface area (Å²) in [6.45, 7) is 2.86. The Kier molecular flexibility index (Phi) is 3.18. The highest BCUT2D eigenvalue weighted by Crippen LogP contribution is 2.21. The number of nitrogens with zero attached hydrogens (tertiary/aromatic N) is 1. The van der Waals surface area contributed by atoms with Gasteiger partial charge in [-0.05, 0) is 25.1 Å². The van der Waals surface area contributed by atoms with Gasteiger partial charge in [-0.1, -0.05) is 0 Å². The largest absolute Gasteiger partial charge is 0.382 e. The lowest BCUT2D eigenvalue weighted by Crippen LogP contribution is -2.17. The molecule has 3 nitrogen and oxygen atoms in total. The molecule has 0 spiro atoms. The van der Waals surface area contributed by atoms with Crippen molar-refractivity contribution in [1.82, 2.24) is 4.98 Å². The topological polar surface area (TPSA) is 34.1 Å². The van der Waals surface area contributed by atoms with E-state index in [-0.39, 0.29) is 6.10 Å². The van der Waals surface area contributed by atoms with Crippen molar-refractivity contribution < 1.29 is 4.74 Å². The SMILES string of the molecule is COC(C)CNc1ccc2ncsc2c1. The Morgan fingerprint density at radius 3 is 3.20 bits per heavy atom. The standard InChI is InChI=1S/C11H14N2OS/c1-8(14-2)6-12-9-3-4-10-11(5-9)15-7-13-10/h3-5,7-8,12H,6H2,1-2H3. The van der Waals surface area contributed by atoms with Gasteiger partial charge in [0, 0.05) is 19.3 Å². The first-order valence-electron chi connectivity index (χ1n) is 4.89. The molecule has 0 radical (unpaired) electrons. The summed E-state index contributed by atoms with van der Waals surface area (Å²) in [4.78, 5) is 4.24. The number of hydrogen-bond donors (Lipinski definition) is 1. The second-order valence-corrected chi connectivity index (χ2v) is 4.35. The van der Waals surface area contributed by atoms with E-state index in [0.717, 1.165) is 17.7 Å². The molecule has 0 bridgehead atoms. The van der Waals surface area contributed by atoms with E-state index in [2.05, 4.69) is 16.4 Å². The molecule has 1 N–H and O–H groups in total. The third-order valence-corrected chi connectivity index (χ3v) is 3.12. The number of anilines is 1. The van der Waals surface area contributed by atoms with Gasteiger partial charge in [-0.2, -0.15) is 0 Å². The van der Waals surface area contributed by atoms with Crippen LogP contribution in [0, 0.1) is 0 Å². The van der Waals surface area contributed by atoms with Gasteiger partial charge >= 0.3 is 0 Å². The van der Waals surface area contributed by atoms with Crippen molar-refractivity contribution in [2.24, 2.45) is 0 Å². The Labute approximate surface area is 93.1 Å². The van der Waals surface area contributed by atoms with E-state index in [1.54, 1.807) is 18.4 Å². The molecule has 4 heteroatoms. The summed E-state index contributed by atoms with van der Waals surface area (Å²) in [6.07, 6.45) is 0.224. The minimum Gasteiger partial charge on any atom is -0.382 e. The van der Waals surface area contributed by atoms with Crippen LogP contribution in [0.5, 0.6) is 0 Å². The molecule has 0 fully saturated rings. The first kappa shape index (κ1) is 10.4. The minimum atomic E-state index is 0.224. The van der Waals surface area contributed by atoms with Gasteiger partial charge in [-0.3, -0.25) is 0 Å². The van der Waals surface area contributed by atoms with Gasteiger partial charge in [0.15, 0.2) is 0 Å². The van der Waals surface area contributed by atoms with E-state index >= 15 is 0 Å². The molecule has 0 aliphatic carbocycles. The highest BCUT2D eigenvalue weighted by Gasteiger charge is 2.01. The van der Waals surface area contributed by atoms with Crippen LogP contribution in [0.3, 0.4) is 0 Å². The zero-order valence-electron chi connectivity index (χ0n) is 8.86. The molecule has 0 aliphatic heterocycles. The van der Waals surface area contributed by atoms with Crippen LogP contribution in [0.4, 0.5) is 5.69 Å². The number of fused-ring (bicyclic) bond motifs is 1. The minimum absolute atomic E-state index is 0.224. The maximum atomic E-state index is 5.17. The molecule has 0 aliphatic rings. The van der Waals surface area contributed by atoms with Crippen LogP contribution in [-0.4, -0.2) is 24.7 Å². The Balaban J connectivity index is 2.08. The Morgan fingerprint density at radius 1 is 1.53 bits per heavy atom. The second kappa shape index (κ2) is 4.59. The third kappa shape index (κ3) is 2.46. The summed E-state index contributed by atoms with van der Waals surface area (Å²) < 4.78 is 6.39. The molecule has 80 valence electrons. The normalized spacial score (nSPS) is 12.9. The zero-order chi connectivity index (χ0) is 10.7. The molecular formula is C11H14N2OS. The highest BCUT2D eigenvalue weighted by atomic mass is 32.1. The summed E-state index contributed by atoms with van der Waals surface area (Å²) in [5.74, 6) is 0. The first-order chi connectivity index (χ1) is 7.29. The van der Waals surface area contributed by atoms with E-state index in [9.17, 15) is 0 Å². The van der Waals surface area contributed by atoms with Crippen molar-refractivity contribution in [3.8, 4) is 0 Å². The fraction of sp³-hybridized carbons (Fsp3) is 0.364. The summed E-state index contributed by atoms with van der Waals surface area (Å²) in [7, 11) is 1.72. The number of benzene rings is 1. The molecule has 1 heterocycles. The summed E-state index contributed by atoms with van der Waals surface area (Å²) in [6, 6.07) is 6.20. The van der Waals surface area contributed by atoms with Gasteiger partial charge in [0.2, 0.25) is 0 Å². The molecule has 15 heavy (non-hydrogen) atoms. The zero-order valence-corrected chi connectivity index (χ0v) is 9.67. The molecule has 0 saturated heterocycles.